The van der Waals surface area contributed by atoms with E-state index in [1.165, 1.54) is 27.8 Å². The van der Waals surface area contributed by atoms with Crippen molar-refractivity contribution in [2.24, 2.45) is 0 Å². The van der Waals surface area contributed by atoms with Gasteiger partial charge in [0, 0.05) is 5.02 Å². The van der Waals surface area contributed by atoms with Gasteiger partial charge in [-0.15, -0.1) is 0 Å². The third-order valence-corrected chi connectivity index (χ3v) is 6.41. The molecule has 0 saturated heterocycles. The number of rotatable bonds is 4. The Hall–Kier alpha value is -2.09. The van der Waals surface area contributed by atoms with E-state index in [-0.39, 0.29) is 5.54 Å². The van der Waals surface area contributed by atoms with E-state index in [0.29, 0.717) is 5.92 Å². The van der Waals surface area contributed by atoms with E-state index in [0.717, 1.165) is 24.3 Å². The first-order valence-electron chi connectivity index (χ1n) is 9.73. The van der Waals surface area contributed by atoms with Gasteiger partial charge in [0.2, 0.25) is 0 Å². The molecule has 0 aliphatic heterocycles. The summed E-state index contributed by atoms with van der Waals surface area (Å²) < 4.78 is 0. The summed E-state index contributed by atoms with van der Waals surface area (Å²) >= 11 is 6.05. The fraction of sp³-hybridized carbons (Fsp3) is 0.280. The lowest BCUT2D eigenvalue weighted by Crippen LogP contribution is -2.38. The minimum absolute atomic E-state index is 0.164. The van der Waals surface area contributed by atoms with Gasteiger partial charge in [0.05, 0.1) is 5.54 Å². The first-order valence-corrected chi connectivity index (χ1v) is 10.1. The Morgan fingerprint density at radius 1 is 0.926 bits per heavy atom. The molecule has 1 aliphatic rings. The van der Waals surface area contributed by atoms with Crippen LogP contribution < -0.4 is 5.32 Å². The van der Waals surface area contributed by atoms with Crippen LogP contribution in [0.2, 0.25) is 5.02 Å². The zero-order chi connectivity index (χ0) is 18.9. The van der Waals surface area contributed by atoms with Crippen molar-refractivity contribution in [2.75, 3.05) is 7.05 Å². The van der Waals surface area contributed by atoms with E-state index in [1.54, 1.807) is 0 Å². The molecule has 2 heteroatoms. The van der Waals surface area contributed by atoms with E-state index in [4.69, 9.17) is 11.6 Å². The van der Waals surface area contributed by atoms with Crippen LogP contribution in [0.3, 0.4) is 0 Å². The Labute approximate surface area is 167 Å². The van der Waals surface area contributed by atoms with Crippen LogP contribution in [0, 0.1) is 0 Å². The highest BCUT2D eigenvalue weighted by Crippen LogP contribution is 2.42. The van der Waals surface area contributed by atoms with Gasteiger partial charge < -0.3 is 5.32 Å². The highest BCUT2D eigenvalue weighted by atomic mass is 35.5. The van der Waals surface area contributed by atoms with Crippen LogP contribution in [0.25, 0.3) is 0 Å². The Balaban J connectivity index is 1.74. The zero-order valence-electron chi connectivity index (χ0n) is 16.0. The highest BCUT2D eigenvalue weighted by molar-refractivity contribution is 6.30. The van der Waals surface area contributed by atoms with E-state index < -0.39 is 0 Å². The summed E-state index contributed by atoms with van der Waals surface area (Å²) in [4.78, 5) is 0. The second kappa shape index (κ2) is 7.50. The van der Waals surface area contributed by atoms with Crippen LogP contribution in [0.15, 0.2) is 72.8 Å². The predicted octanol–water partition coefficient (Wildman–Crippen LogP) is 6.10. The molecule has 0 heterocycles. The second-order valence-corrected chi connectivity index (χ2v) is 8.12. The summed E-state index contributed by atoms with van der Waals surface area (Å²) in [7, 11) is 2.07. The molecule has 1 N–H and O–H groups in total. The molecule has 3 aromatic rings. The SMILES string of the molecule is CN[C@]1(C)c2ccccc2C[C@H](CCc2ccc(Cl)cc2)c2ccccc21. The lowest BCUT2D eigenvalue weighted by atomic mass is 9.81. The maximum absolute atomic E-state index is 6.05. The van der Waals surface area contributed by atoms with Crippen LogP contribution >= 0.6 is 11.6 Å². The molecular weight excluding hydrogens is 350 g/mol. The van der Waals surface area contributed by atoms with Crippen molar-refractivity contribution in [2.45, 2.75) is 37.6 Å². The van der Waals surface area contributed by atoms with Gasteiger partial charge in [0.25, 0.3) is 0 Å². The molecular formula is C25H26ClN. The number of hydrogen-bond donors (Lipinski definition) is 1. The van der Waals surface area contributed by atoms with Crippen LogP contribution in [0.1, 0.15) is 47.1 Å². The number of aryl methyl sites for hydroxylation is 1. The van der Waals surface area contributed by atoms with Crippen molar-refractivity contribution in [3.8, 4) is 0 Å². The van der Waals surface area contributed by atoms with Crippen molar-refractivity contribution < 1.29 is 0 Å². The number of fused-ring (bicyclic) bond motifs is 2. The van der Waals surface area contributed by atoms with E-state index in [1.807, 2.05) is 12.1 Å². The molecule has 0 spiro atoms. The minimum Gasteiger partial charge on any atom is -0.307 e. The summed E-state index contributed by atoms with van der Waals surface area (Å²) in [5.41, 5.74) is 6.91. The Bertz CT molecular complexity index is 931. The lowest BCUT2D eigenvalue weighted by Gasteiger charge is -2.32. The molecule has 4 rings (SSSR count). The van der Waals surface area contributed by atoms with Gasteiger partial charge in [-0.25, -0.2) is 0 Å². The summed E-state index contributed by atoms with van der Waals surface area (Å²) in [6.45, 7) is 2.31. The Morgan fingerprint density at radius 3 is 2.33 bits per heavy atom. The predicted molar refractivity (Wildman–Crippen MR) is 115 cm³/mol. The van der Waals surface area contributed by atoms with Gasteiger partial charge in [0.1, 0.15) is 0 Å². The summed E-state index contributed by atoms with van der Waals surface area (Å²) in [6.07, 6.45) is 3.28. The minimum atomic E-state index is -0.164. The first kappa shape index (κ1) is 18.3. The fourth-order valence-electron chi connectivity index (χ4n) is 4.53. The molecule has 3 aromatic carbocycles. The van der Waals surface area contributed by atoms with Crippen molar-refractivity contribution in [1.29, 1.82) is 0 Å². The second-order valence-electron chi connectivity index (χ2n) is 7.69. The first-order chi connectivity index (χ1) is 13.1. The average molecular weight is 376 g/mol. The van der Waals surface area contributed by atoms with Crippen molar-refractivity contribution in [3.05, 3.63) is 106 Å². The molecule has 0 unspecified atom stereocenters. The molecule has 0 fully saturated rings. The van der Waals surface area contributed by atoms with Crippen molar-refractivity contribution >= 4 is 11.6 Å². The average Bonchev–Trinajstić information content (AvgIpc) is 2.82. The van der Waals surface area contributed by atoms with E-state index in [2.05, 4.69) is 80.0 Å². The van der Waals surface area contributed by atoms with Crippen molar-refractivity contribution in [1.82, 2.24) is 5.32 Å². The molecule has 0 bridgehead atoms. The molecule has 0 saturated carbocycles. The third kappa shape index (κ3) is 3.42. The van der Waals surface area contributed by atoms with Crippen molar-refractivity contribution in [3.63, 3.8) is 0 Å². The molecule has 138 valence electrons. The number of benzene rings is 3. The van der Waals surface area contributed by atoms with Gasteiger partial charge in [-0.3, -0.25) is 0 Å². The molecule has 1 aliphatic carbocycles. The van der Waals surface area contributed by atoms with Gasteiger partial charge in [-0.05, 0) is 79.1 Å². The smallest absolute Gasteiger partial charge is 0.0664 e. The van der Waals surface area contributed by atoms with Gasteiger partial charge >= 0.3 is 0 Å². The quantitative estimate of drug-likeness (QED) is 0.581. The van der Waals surface area contributed by atoms with Gasteiger partial charge in [-0.2, -0.15) is 0 Å². The van der Waals surface area contributed by atoms with Gasteiger partial charge in [0.15, 0.2) is 0 Å². The monoisotopic (exact) mass is 375 g/mol. The summed E-state index contributed by atoms with van der Waals surface area (Å²) in [5.74, 6) is 0.508. The van der Waals surface area contributed by atoms with Crippen LogP contribution in [0.5, 0.6) is 0 Å². The van der Waals surface area contributed by atoms with Crippen LogP contribution in [0.4, 0.5) is 0 Å². The topological polar surface area (TPSA) is 12.0 Å². The normalized spacial score (nSPS) is 21.2. The van der Waals surface area contributed by atoms with Crippen LogP contribution in [-0.2, 0) is 18.4 Å². The largest absolute Gasteiger partial charge is 0.307 e. The number of nitrogens with one attached hydrogen (secondary N) is 1. The Kier molecular flexibility index (Phi) is 5.08. The van der Waals surface area contributed by atoms with Crippen LogP contribution in [-0.4, -0.2) is 7.05 Å². The molecule has 0 radical (unpaired) electrons. The highest BCUT2D eigenvalue weighted by Gasteiger charge is 2.36. The molecule has 1 nitrogen and oxygen atoms in total. The zero-order valence-corrected chi connectivity index (χ0v) is 16.8. The van der Waals surface area contributed by atoms with E-state index >= 15 is 0 Å². The summed E-state index contributed by atoms with van der Waals surface area (Å²) in [6, 6.07) is 26.2. The van der Waals surface area contributed by atoms with Gasteiger partial charge in [-0.1, -0.05) is 72.3 Å². The lowest BCUT2D eigenvalue weighted by molar-refractivity contribution is 0.481. The Morgan fingerprint density at radius 2 is 1.59 bits per heavy atom. The van der Waals surface area contributed by atoms with E-state index in [9.17, 15) is 0 Å². The third-order valence-electron chi connectivity index (χ3n) is 6.16. The standard InChI is InChI=1S/C25H26ClN/c1-25(27-2)23-9-5-3-7-20(23)17-19(22-8-4-6-10-24(22)25)14-11-18-12-15-21(26)16-13-18/h3-10,12-13,15-16,19,27H,11,14,17H2,1-2H3/t19-,25+/m0/s1. The summed E-state index contributed by atoms with van der Waals surface area (Å²) in [5, 5.41) is 4.42. The maximum Gasteiger partial charge on any atom is 0.0664 e. The number of halogens is 1. The number of hydrogen-bond acceptors (Lipinski definition) is 1. The fourth-order valence-corrected chi connectivity index (χ4v) is 4.66. The molecule has 2 atom stereocenters. The molecule has 0 aromatic heterocycles. The molecule has 27 heavy (non-hydrogen) atoms. The molecule has 0 amide bonds. The maximum atomic E-state index is 6.05.